The van der Waals surface area contributed by atoms with Crippen molar-refractivity contribution in [3.05, 3.63) is 23.2 Å². The van der Waals surface area contributed by atoms with Crippen LogP contribution in [0, 0.1) is 0 Å². The monoisotopic (exact) mass is 267 g/mol. The van der Waals surface area contributed by atoms with Crippen LogP contribution in [-0.4, -0.2) is 22.5 Å². The summed E-state index contributed by atoms with van der Waals surface area (Å²) in [6.07, 6.45) is 1.21. The van der Waals surface area contributed by atoms with Gasteiger partial charge < -0.3 is 10.5 Å². The molecule has 18 heavy (non-hydrogen) atoms. The standard InChI is InChI=1S/C12H14ClN3O2/c1-2-3-6-18-12(17)16-11(14)9-5-4-8(13)7-10(9)15-16/h4-5,7H,2-3,6,14H2,1H3. The molecule has 0 aliphatic heterocycles. The first kappa shape index (κ1) is 12.7. The number of nitrogens with two attached hydrogens (primary N) is 1. The van der Waals surface area contributed by atoms with Gasteiger partial charge in [-0.2, -0.15) is 5.10 Å². The van der Waals surface area contributed by atoms with Crippen molar-refractivity contribution in [1.29, 1.82) is 0 Å². The van der Waals surface area contributed by atoms with E-state index in [0.29, 0.717) is 22.5 Å². The van der Waals surface area contributed by atoms with Crippen molar-refractivity contribution < 1.29 is 9.53 Å². The number of halogens is 1. The summed E-state index contributed by atoms with van der Waals surface area (Å²) < 4.78 is 6.12. The Morgan fingerprint density at radius 2 is 2.33 bits per heavy atom. The average molecular weight is 268 g/mol. The quantitative estimate of drug-likeness (QED) is 0.868. The maximum atomic E-state index is 11.8. The molecule has 0 amide bonds. The molecule has 2 N–H and O–H groups in total. The van der Waals surface area contributed by atoms with Gasteiger partial charge in [-0.1, -0.05) is 24.9 Å². The van der Waals surface area contributed by atoms with Crippen LogP contribution < -0.4 is 5.73 Å². The van der Waals surface area contributed by atoms with Crippen LogP contribution in [-0.2, 0) is 4.74 Å². The van der Waals surface area contributed by atoms with E-state index in [9.17, 15) is 4.79 Å². The number of aromatic nitrogens is 2. The molecule has 0 aliphatic carbocycles. The van der Waals surface area contributed by atoms with Gasteiger partial charge in [0.15, 0.2) is 0 Å². The molecule has 2 aromatic rings. The second kappa shape index (κ2) is 5.27. The third-order valence-corrected chi connectivity index (χ3v) is 2.80. The van der Waals surface area contributed by atoms with Crippen molar-refractivity contribution in [2.24, 2.45) is 0 Å². The van der Waals surface area contributed by atoms with Crippen molar-refractivity contribution in [3.63, 3.8) is 0 Å². The molecule has 0 radical (unpaired) electrons. The number of hydrogen-bond acceptors (Lipinski definition) is 4. The highest BCUT2D eigenvalue weighted by Gasteiger charge is 2.15. The molecule has 0 atom stereocenters. The van der Waals surface area contributed by atoms with Gasteiger partial charge in [-0.15, -0.1) is 4.68 Å². The summed E-state index contributed by atoms with van der Waals surface area (Å²) in [4.78, 5) is 11.8. The van der Waals surface area contributed by atoms with Crippen molar-refractivity contribution in [1.82, 2.24) is 9.78 Å². The molecule has 0 saturated heterocycles. The van der Waals surface area contributed by atoms with Crippen molar-refractivity contribution in [2.45, 2.75) is 19.8 Å². The fourth-order valence-corrected chi connectivity index (χ4v) is 1.75. The van der Waals surface area contributed by atoms with E-state index in [4.69, 9.17) is 22.1 Å². The van der Waals surface area contributed by atoms with Crippen LogP contribution in [0.25, 0.3) is 10.9 Å². The highest BCUT2D eigenvalue weighted by Crippen LogP contribution is 2.23. The van der Waals surface area contributed by atoms with Gasteiger partial charge in [0.2, 0.25) is 0 Å². The van der Waals surface area contributed by atoms with Crippen LogP contribution in [0.15, 0.2) is 18.2 Å². The second-order valence-electron chi connectivity index (χ2n) is 3.93. The predicted molar refractivity (Wildman–Crippen MR) is 70.8 cm³/mol. The Balaban J connectivity index is 2.28. The number of nitrogens with zero attached hydrogens (tertiary/aromatic N) is 2. The van der Waals surface area contributed by atoms with Crippen LogP contribution in [0.1, 0.15) is 19.8 Å². The molecule has 96 valence electrons. The van der Waals surface area contributed by atoms with Gasteiger partial charge >= 0.3 is 6.09 Å². The van der Waals surface area contributed by atoms with E-state index in [2.05, 4.69) is 5.10 Å². The fraction of sp³-hybridized carbons (Fsp3) is 0.333. The molecular formula is C12H14ClN3O2. The van der Waals surface area contributed by atoms with Crippen LogP contribution in [0.5, 0.6) is 0 Å². The van der Waals surface area contributed by atoms with Crippen LogP contribution >= 0.6 is 11.6 Å². The molecule has 0 fully saturated rings. The number of benzene rings is 1. The normalized spacial score (nSPS) is 10.8. The molecule has 6 heteroatoms. The summed E-state index contributed by atoms with van der Waals surface area (Å²) in [5.41, 5.74) is 6.43. The van der Waals surface area contributed by atoms with E-state index >= 15 is 0 Å². The Kier molecular flexibility index (Phi) is 3.72. The van der Waals surface area contributed by atoms with Gasteiger partial charge in [-0.25, -0.2) is 4.79 Å². The number of nitrogen functional groups attached to an aromatic ring is 1. The first-order valence-electron chi connectivity index (χ1n) is 5.74. The first-order chi connectivity index (χ1) is 8.63. The van der Waals surface area contributed by atoms with E-state index in [1.54, 1.807) is 18.2 Å². The number of rotatable bonds is 3. The molecule has 2 rings (SSSR count). The van der Waals surface area contributed by atoms with Crippen LogP contribution in [0.2, 0.25) is 5.02 Å². The third-order valence-electron chi connectivity index (χ3n) is 2.57. The summed E-state index contributed by atoms with van der Waals surface area (Å²) in [5, 5.41) is 5.32. The van der Waals surface area contributed by atoms with Crippen LogP contribution in [0.4, 0.5) is 10.6 Å². The number of hydrogen-bond donors (Lipinski definition) is 1. The van der Waals surface area contributed by atoms with E-state index in [0.717, 1.165) is 17.5 Å². The predicted octanol–water partition coefficient (Wildman–Crippen LogP) is 3.06. The molecular weight excluding hydrogens is 254 g/mol. The Morgan fingerprint density at radius 3 is 3.06 bits per heavy atom. The third kappa shape index (κ3) is 2.41. The zero-order valence-corrected chi connectivity index (χ0v) is 10.8. The highest BCUT2D eigenvalue weighted by molar-refractivity contribution is 6.31. The van der Waals surface area contributed by atoms with E-state index in [-0.39, 0.29) is 5.82 Å². The summed E-state index contributed by atoms with van der Waals surface area (Å²) in [7, 11) is 0. The highest BCUT2D eigenvalue weighted by atomic mass is 35.5. The minimum atomic E-state index is -0.562. The van der Waals surface area contributed by atoms with Gasteiger partial charge in [-0.3, -0.25) is 0 Å². The topological polar surface area (TPSA) is 70.1 Å². The zero-order chi connectivity index (χ0) is 13.1. The maximum absolute atomic E-state index is 11.8. The average Bonchev–Trinajstić information content (AvgIpc) is 2.66. The van der Waals surface area contributed by atoms with Gasteiger partial charge in [0.25, 0.3) is 0 Å². The summed E-state index contributed by atoms with van der Waals surface area (Å²) in [6, 6.07) is 5.09. The maximum Gasteiger partial charge on any atom is 0.436 e. The second-order valence-corrected chi connectivity index (χ2v) is 4.36. The number of carbonyl (C=O) groups excluding carboxylic acids is 1. The lowest BCUT2D eigenvalue weighted by atomic mass is 10.2. The number of fused-ring (bicyclic) bond motifs is 1. The number of ether oxygens (including phenoxy) is 1. The van der Waals surface area contributed by atoms with E-state index < -0.39 is 6.09 Å². The molecule has 0 spiro atoms. The molecule has 1 aromatic carbocycles. The molecule has 5 nitrogen and oxygen atoms in total. The van der Waals surface area contributed by atoms with Crippen molar-refractivity contribution in [3.8, 4) is 0 Å². The van der Waals surface area contributed by atoms with Crippen molar-refractivity contribution >= 4 is 34.4 Å². The Morgan fingerprint density at radius 1 is 1.56 bits per heavy atom. The largest absolute Gasteiger partial charge is 0.448 e. The van der Waals surface area contributed by atoms with Crippen LogP contribution in [0.3, 0.4) is 0 Å². The lowest BCUT2D eigenvalue weighted by Gasteiger charge is -2.04. The first-order valence-corrected chi connectivity index (χ1v) is 6.12. The Hall–Kier alpha value is -1.75. The lowest BCUT2D eigenvalue weighted by Crippen LogP contribution is -2.17. The fourth-order valence-electron chi connectivity index (χ4n) is 1.58. The van der Waals surface area contributed by atoms with Crippen molar-refractivity contribution in [2.75, 3.05) is 12.3 Å². The number of unbranched alkanes of at least 4 members (excludes halogenated alkanes) is 1. The Bertz CT molecular complexity index is 580. The molecule has 0 unspecified atom stereocenters. The summed E-state index contributed by atoms with van der Waals surface area (Å²) in [5.74, 6) is 0.267. The molecule has 0 saturated carbocycles. The van der Waals surface area contributed by atoms with Gasteiger partial charge in [0, 0.05) is 10.4 Å². The van der Waals surface area contributed by atoms with Gasteiger partial charge in [0.05, 0.1) is 12.1 Å². The van der Waals surface area contributed by atoms with Gasteiger partial charge in [-0.05, 0) is 24.6 Å². The minimum Gasteiger partial charge on any atom is -0.448 e. The van der Waals surface area contributed by atoms with Gasteiger partial charge in [0.1, 0.15) is 5.82 Å². The van der Waals surface area contributed by atoms with E-state index in [1.807, 2.05) is 6.92 Å². The smallest absolute Gasteiger partial charge is 0.436 e. The number of carbonyl (C=O) groups is 1. The molecule has 0 bridgehead atoms. The Labute approximate surface area is 109 Å². The lowest BCUT2D eigenvalue weighted by molar-refractivity contribution is 0.143. The number of anilines is 1. The summed E-state index contributed by atoms with van der Waals surface area (Å²) in [6.45, 7) is 2.39. The summed E-state index contributed by atoms with van der Waals surface area (Å²) >= 11 is 5.86. The molecule has 1 aromatic heterocycles. The zero-order valence-electron chi connectivity index (χ0n) is 10.0. The van der Waals surface area contributed by atoms with E-state index in [1.165, 1.54) is 0 Å². The minimum absolute atomic E-state index is 0.267. The molecule has 0 aliphatic rings. The molecule has 1 heterocycles. The SMILES string of the molecule is CCCCOC(=O)n1nc2cc(Cl)ccc2c1N.